The molecule has 0 saturated carbocycles. The Hall–Kier alpha value is -2.17. The summed E-state index contributed by atoms with van der Waals surface area (Å²) >= 11 is 0. The lowest BCUT2D eigenvalue weighted by Crippen LogP contribution is -2.13. The number of carboxylic acids is 1. The van der Waals surface area contributed by atoms with Crippen LogP contribution >= 0.6 is 0 Å². The zero-order valence-electron chi connectivity index (χ0n) is 6.97. The number of carbonyl (C=O) groups is 2. The molecule has 14 heavy (non-hydrogen) atoms. The number of carbonyl (C=O) groups excluding carboxylic acids is 1. The lowest BCUT2D eigenvalue weighted by atomic mass is 10.1. The molecule has 0 bridgehead atoms. The van der Waals surface area contributed by atoms with E-state index in [0.717, 1.165) is 0 Å². The second-order valence-corrected chi connectivity index (χ2v) is 2.68. The number of rotatable bonds is 2. The van der Waals surface area contributed by atoms with Crippen molar-refractivity contribution >= 4 is 23.1 Å². The SMILES string of the molecule is O=C(O)C(=O)C1=C[N]c2ncccc21. The number of aliphatic carboxylic acids is 1. The van der Waals surface area contributed by atoms with E-state index in [0.29, 0.717) is 11.4 Å². The zero-order valence-corrected chi connectivity index (χ0v) is 6.97. The molecule has 1 aliphatic rings. The first kappa shape index (κ1) is 8.43. The third kappa shape index (κ3) is 1.15. The van der Waals surface area contributed by atoms with Gasteiger partial charge in [0, 0.05) is 18.0 Å². The van der Waals surface area contributed by atoms with Gasteiger partial charge in [-0.15, -0.1) is 0 Å². The van der Waals surface area contributed by atoms with Crippen molar-refractivity contribution < 1.29 is 14.7 Å². The van der Waals surface area contributed by atoms with Crippen LogP contribution in [0, 0.1) is 0 Å². The molecule has 0 saturated heterocycles. The number of hydrogen-bond acceptors (Lipinski definition) is 3. The Morgan fingerprint density at radius 1 is 1.36 bits per heavy atom. The minimum atomic E-state index is -1.48. The summed E-state index contributed by atoms with van der Waals surface area (Å²) < 4.78 is 0. The summed E-state index contributed by atoms with van der Waals surface area (Å²) in [6, 6.07) is 3.24. The van der Waals surface area contributed by atoms with Crippen molar-refractivity contribution in [2.45, 2.75) is 0 Å². The van der Waals surface area contributed by atoms with Gasteiger partial charge in [0.15, 0.2) is 5.82 Å². The molecule has 69 valence electrons. The zero-order chi connectivity index (χ0) is 10.1. The molecule has 0 unspecified atom stereocenters. The van der Waals surface area contributed by atoms with Crippen LogP contribution in [0.5, 0.6) is 0 Å². The lowest BCUT2D eigenvalue weighted by Gasteiger charge is -1.97. The molecular formula is C9H5N2O3. The number of pyridine rings is 1. The van der Waals surface area contributed by atoms with Crippen LogP contribution in [0.25, 0.3) is 5.57 Å². The second-order valence-electron chi connectivity index (χ2n) is 2.68. The van der Waals surface area contributed by atoms with Crippen LogP contribution in [0.3, 0.4) is 0 Å². The van der Waals surface area contributed by atoms with Crippen LogP contribution in [0.4, 0.5) is 5.82 Å². The van der Waals surface area contributed by atoms with Crippen LogP contribution < -0.4 is 5.32 Å². The smallest absolute Gasteiger partial charge is 0.377 e. The Bertz CT molecular complexity index is 451. The molecule has 1 aromatic rings. The normalized spacial score (nSPS) is 12.7. The fraction of sp³-hybridized carbons (Fsp3) is 0. The summed E-state index contributed by atoms with van der Waals surface area (Å²) in [6.45, 7) is 0. The Kier molecular flexibility index (Phi) is 1.78. The molecule has 0 amide bonds. The fourth-order valence-corrected chi connectivity index (χ4v) is 1.20. The maximum absolute atomic E-state index is 11.2. The monoisotopic (exact) mass is 189 g/mol. The van der Waals surface area contributed by atoms with E-state index in [1.165, 1.54) is 12.4 Å². The van der Waals surface area contributed by atoms with Crippen LogP contribution in [-0.2, 0) is 9.59 Å². The molecule has 1 radical (unpaired) electrons. The van der Waals surface area contributed by atoms with Crippen LogP contribution in [0.15, 0.2) is 24.5 Å². The van der Waals surface area contributed by atoms with Crippen molar-refractivity contribution in [3.63, 3.8) is 0 Å². The van der Waals surface area contributed by atoms with Gasteiger partial charge in [-0.2, -0.15) is 0 Å². The molecule has 0 spiro atoms. The van der Waals surface area contributed by atoms with Gasteiger partial charge >= 0.3 is 5.97 Å². The summed E-state index contributed by atoms with van der Waals surface area (Å²) in [5.74, 6) is -2.05. The molecule has 5 nitrogen and oxygen atoms in total. The van der Waals surface area contributed by atoms with Gasteiger partial charge in [0.05, 0.1) is 5.57 Å². The third-order valence-electron chi connectivity index (χ3n) is 1.83. The van der Waals surface area contributed by atoms with Gasteiger partial charge in [0.1, 0.15) is 0 Å². The molecule has 5 heteroatoms. The average Bonchev–Trinajstić information content (AvgIpc) is 2.60. The van der Waals surface area contributed by atoms with Gasteiger partial charge in [-0.05, 0) is 12.1 Å². The number of carboxylic acid groups (broad SMARTS) is 1. The van der Waals surface area contributed by atoms with Gasteiger partial charge in [0.25, 0.3) is 5.78 Å². The number of fused-ring (bicyclic) bond motifs is 1. The highest BCUT2D eigenvalue weighted by atomic mass is 16.4. The van der Waals surface area contributed by atoms with Gasteiger partial charge in [-0.25, -0.2) is 15.1 Å². The summed E-state index contributed by atoms with van der Waals surface area (Å²) in [6.07, 6.45) is 2.76. The van der Waals surface area contributed by atoms with E-state index in [1.807, 2.05) is 0 Å². The fourth-order valence-electron chi connectivity index (χ4n) is 1.20. The summed E-state index contributed by atoms with van der Waals surface area (Å²) in [5, 5.41) is 12.3. The summed E-state index contributed by atoms with van der Waals surface area (Å²) in [5.41, 5.74) is 0.556. The second kappa shape index (κ2) is 2.95. The molecule has 0 fully saturated rings. The average molecular weight is 189 g/mol. The standard InChI is InChI=1S/C9H5N2O3/c12-7(9(13)14)6-4-11-8-5(6)2-1-3-10-8/h1-4H,(H,13,14). The molecular weight excluding hydrogens is 184 g/mol. The van der Waals surface area contributed by atoms with E-state index < -0.39 is 11.8 Å². The molecule has 0 aromatic carbocycles. The van der Waals surface area contributed by atoms with E-state index in [-0.39, 0.29) is 5.57 Å². The van der Waals surface area contributed by atoms with Crippen molar-refractivity contribution in [2.75, 3.05) is 0 Å². The van der Waals surface area contributed by atoms with Crippen molar-refractivity contribution in [1.82, 2.24) is 10.3 Å². The van der Waals surface area contributed by atoms with Crippen molar-refractivity contribution in [2.24, 2.45) is 0 Å². The first-order valence-electron chi connectivity index (χ1n) is 3.84. The quantitative estimate of drug-likeness (QED) is 0.679. The Morgan fingerprint density at radius 2 is 2.14 bits per heavy atom. The number of aromatic nitrogens is 1. The largest absolute Gasteiger partial charge is 0.475 e. The number of nitrogens with zero attached hydrogens (tertiary/aromatic N) is 2. The van der Waals surface area contributed by atoms with Crippen LogP contribution in [-0.4, -0.2) is 21.8 Å². The van der Waals surface area contributed by atoms with E-state index in [2.05, 4.69) is 10.3 Å². The molecule has 0 aliphatic carbocycles. The number of ketones is 1. The summed E-state index contributed by atoms with van der Waals surface area (Å²) in [4.78, 5) is 25.5. The predicted molar refractivity (Wildman–Crippen MR) is 46.7 cm³/mol. The van der Waals surface area contributed by atoms with E-state index in [4.69, 9.17) is 5.11 Å². The molecule has 1 aromatic heterocycles. The van der Waals surface area contributed by atoms with Crippen molar-refractivity contribution in [3.8, 4) is 0 Å². The third-order valence-corrected chi connectivity index (χ3v) is 1.83. The van der Waals surface area contributed by atoms with Gasteiger partial charge in [-0.3, -0.25) is 4.79 Å². The Labute approximate surface area is 79.1 Å². The highest BCUT2D eigenvalue weighted by molar-refractivity contribution is 6.51. The topological polar surface area (TPSA) is 81.4 Å². The minimum absolute atomic E-state index is 0.0839. The molecule has 2 rings (SSSR count). The molecule has 1 aliphatic heterocycles. The van der Waals surface area contributed by atoms with E-state index >= 15 is 0 Å². The number of Topliss-reactive ketones (excluding diaryl/α,β-unsaturated/α-hetero) is 1. The molecule has 2 heterocycles. The highest BCUT2D eigenvalue weighted by Gasteiger charge is 2.26. The Morgan fingerprint density at radius 3 is 2.86 bits per heavy atom. The van der Waals surface area contributed by atoms with Gasteiger partial charge in [0.2, 0.25) is 0 Å². The lowest BCUT2D eigenvalue weighted by molar-refractivity contribution is -0.146. The maximum Gasteiger partial charge on any atom is 0.377 e. The maximum atomic E-state index is 11.2. The van der Waals surface area contributed by atoms with Crippen LogP contribution in [0.2, 0.25) is 0 Å². The number of hydrogen-bond donors (Lipinski definition) is 1. The highest BCUT2D eigenvalue weighted by Crippen LogP contribution is 2.27. The first-order chi connectivity index (χ1) is 6.70. The van der Waals surface area contributed by atoms with Crippen molar-refractivity contribution in [3.05, 3.63) is 30.1 Å². The Balaban J connectivity index is 2.43. The van der Waals surface area contributed by atoms with Crippen LogP contribution in [0.1, 0.15) is 5.56 Å². The molecule has 0 atom stereocenters. The predicted octanol–water partition coefficient (Wildman–Crippen LogP) is 0.326. The molecule has 1 N–H and O–H groups in total. The van der Waals surface area contributed by atoms with Gasteiger partial charge in [-0.1, -0.05) is 0 Å². The van der Waals surface area contributed by atoms with E-state index in [1.54, 1.807) is 12.1 Å². The van der Waals surface area contributed by atoms with E-state index in [9.17, 15) is 9.59 Å². The first-order valence-corrected chi connectivity index (χ1v) is 3.84. The van der Waals surface area contributed by atoms with Crippen molar-refractivity contribution in [1.29, 1.82) is 0 Å². The summed E-state index contributed by atoms with van der Waals surface area (Å²) in [7, 11) is 0. The minimum Gasteiger partial charge on any atom is -0.475 e. The van der Waals surface area contributed by atoms with Gasteiger partial charge < -0.3 is 5.11 Å².